The molecule has 1 rings (SSSR count). The fraction of sp³-hybridized carbons (Fsp3) is 0.571. The van der Waals surface area contributed by atoms with Crippen LogP contribution in [0.4, 0.5) is 5.82 Å². The summed E-state index contributed by atoms with van der Waals surface area (Å²) in [4.78, 5) is 19.8. The Morgan fingerprint density at radius 3 is 2.76 bits per heavy atom. The minimum atomic E-state index is -0.0530. The molecule has 0 saturated heterocycles. The van der Waals surface area contributed by atoms with Crippen molar-refractivity contribution in [3.8, 4) is 6.07 Å². The molecule has 0 aliphatic rings. The predicted molar refractivity (Wildman–Crippen MR) is 83.6 cm³/mol. The summed E-state index contributed by atoms with van der Waals surface area (Å²) < 4.78 is 0. The van der Waals surface area contributed by atoms with E-state index in [2.05, 4.69) is 29.1 Å². The third kappa shape index (κ3) is 6.45. The van der Waals surface area contributed by atoms with Crippen molar-refractivity contribution < 1.29 is 4.79 Å². The molecule has 1 atom stereocenters. The van der Waals surface area contributed by atoms with Crippen molar-refractivity contribution in [3.63, 3.8) is 0 Å². The summed E-state index contributed by atoms with van der Waals surface area (Å²) in [6.45, 7) is 6.33. The largest absolute Gasteiger partial charge is 0.382 e. The average molecular weight is 307 g/mol. The Hall–Kier alpha value is -1.81. The molecule has 0 radical (unpaired) electrons. The van der Waals surface area contributed by atoms with Crippen LogP contribution in [-0.2, 0) is 4.79 Å². The molecule has 1 aromatic rings. The molecule has 21 heavy (non-hydrogen) atoms. The highest BCUT2D eigenvalue weighted by Crippen LogP contribution is 2.15. The van der Waals surface area contributed by atoms with Crippen LogP contribution in [0.25, 0.3) is 0 Å². The first-order chi connectivity index (χ1) is 9.92. The minimum Gasteiger partial charge on any atom is -0.382 e. The van der Waals surface area contributed by atoms with Crippen LogP contribution in [0.1, 0.15) is 39.2 Å². The number of thioether (sulfide) groups is 1. The number of hydrogen-bond donors (Lipinski definition) is 2. The Morgan fingerprint density at radius 1 is 1.48 bits per heavy atom. The van der Waals surface area contributed by atoms with Gasteiger partial charge in [-0.3, -0.25) is 4.79 Å². The predicted octanol–water partition coefficient (Wildman–Crippen LogP) is 1.96. The molecule has 6 nitrogen and oxygen atoms in total. The van der Waals surface area contributed by atoms with E-state index >= 15 is 0 Å². The second kappa shape index (κ2) is 8.47. The normalized spacial score (nSPS) is 12.0. The van der Waals surface area contributed by atoms with Crippen molar-refractivity contribution in [3.05, 3.63) is 11.8 Å². The van der Waals surface area contributed by atoms with Crippen molar-refractivity contribution in [1.82, 2.24) is 15.3 Å². The first-order valence-electron chi connectivity index (χ1n) is 6.87. The number of carbonyl (C=O) groups excluding carboxylic acids is 1. The van der Waals surface area contributed by atoms with E-state index in [0.717, 1.165) is 12.8 Å². The van der Waals surface area contributed by atoms with Gasteiger partial charge in [-0.05, 0) is 25.7 Å². The number of nitriles is 1. The molecular formula is C14H21N5OS. The highest BCUT2D eigenvalue weighted by Gasteiger charge is 2.10. The van der Waals surface area contributed by atoms with Crippen LogP contribution in [-0.4, -0.2) is 27.7 Å². The molecule has 0 bridgehead atoms. The van der Waals surface area contributed by atoms with Crippen LogP contribution in [0, 0.1) is 17.2 Å². The summed E-state index contributed by atoms with van der Waals surface area (Å²) in [5.41, 5.74) is 5.84. The minimum absolute atomic E-state index is 0.0530. The zero-order valence-corrected chi connectivity index (χ0v) is 13.4. The third-order valence-electron chi connectivity index (χ3n) is 2.83. The molecular weight excluding hydrogens is 286 g/mol. The number of anilines is 1. The lowest BCUT2D eigenvalue weighted by Gasteiger charge is -2.14. The highest BCUT2D eigenvalue weighted by atomic mass is 32.2. The fourth-order valence-electron chi connectivity index (χ4n) is 1.64. The molecule has 0 aliphatic heterocycles. The smallest absolute Gasteiger partial charge is 0.230 e. The van der Waals surface area contributed by atoms with Crippen LogP contribution in [0.2, 0.25) is 0 Å². The lowest BCUT2D eigenvalue weighted by atomic mass is 10.0. The van der Waals surface area contributed by atoms with Gasteiger partial charge < -0.3 is 11.1 Å². The number of aromatic nitrogens is 2. The number of rotatable bonds is 7. The summed E-state index contributed by atoms with van der Waals surface area (Å²) in [5.74, 6) is 0.953. The zero-order valence-electron chi connectivity index (χ0n) is 12.6. The van der Waals surface area contributed by atoms with E-state index < -0.39 is 0 Å². The lowest BCUT2D eigenvalue weighted by Crippen LogP contribution is -2.34. The maximum Gasteiger partial charge on any atom is 0.230 e. The summed E-state index contributed by atoms with van der Waals surface area (Å²) in [6, 6.07) is 2.06. The van der Waals surface area contributed by atoms with E-state index in [4.69, 9.17) is 11.0 Å². The van der Waals surface area contributed by atoms with Gasteiger partial charge in [0.2, 0.25) is 5.91 Å². The molecule has 3 N–H and O–H groups in total. The molecule has 114 valence electrons. The number of nitrogens with two attached hydrogens (primary N) is 1. The molecule has 0 spiro atoms. The van der Waals surface area contributed by atoms with Gasteiger partial charge in [-0.1, -0.05) is 25.6 Å². The molecule has 0 unspecified atom stereocenters. The van der Waals surface area contributed by atoms with E-state index in [0.29, 0.717) is 11.1 Å². The molecule has 0 fully saturated rings. The van der Waals surface area contributed by atoms with E-state index in [1.54, 1.807) is 0 Å². The Bertz CT molecular complexity index is 527. The van der Waals surface area contributed by atoms with E-state index in [9.17, 15) is 4.79 Å². The Morgan fingerprint density at radius 2 is 2.19 bits per heavy atom. The Labute approximate surface area is 129 Å². The maximum absolute atomic E-state index is 11.8. The van der Waals surface area contributed by atoms with Crippen LogP contribution >= 0.6 is 11.8 Å². The van der Waals surface area contributed by atoms with Gasteiger partial charge in [0.1, 0.15) is 17.5 Å². The number of hydrogen-bond acceptors (Lipinski definition) is 6. The first-order valence-corrected chi connectivity index (χ1v) is 7.85. The van der Waals surface area contributed by atoms with Crippen LogP contribution in [0.15, 0.2) is 11.4 Å². The van der Waals surface area contributed by atoms with E-state index in [1.807, 2.05) is 13.0 Å². The van der Waals surface area contributed by atoms with Gasteiger partial charge >= 0.3 is 0 Å². The van der Waals surface area contributed by atoms with Crippen molar-refractivity contribution in [2.75, 3.05) is 11.5 Å². The molecule has 7 heteroatoms. The molecule has 0 aliphatic carbocycles. The second-order valence-corrected chi connectivity index (χ2v) is 6.23. The summed E-state index contributed by atoms with van der Waals surface area (Å²) in [7, 11) is 0. The third-order valence-corrected chi connectivity index (χ3v) is 3.69. The highest BCUT2D eigenvalue weighted by molar-refractivity contribution is 7.99. The van der Waals surface area contributed by atoms with E-state index in [1.165, 1.54) is 18.0 Å². The van der Waals surface area contributed by atoms with Gasteiger partial charge in [0.15, 0.2) is 5.16 Å². The monoisotopic (exact) mass is 307 g/mol. The quantitative estimate of drug-likeness (QED) is 0.589. The number of amides is 1. The average Bonchev–Trinajstić information content (AvgIpc) is 2.43. The van der Waals surface area contributed by atoms with Gasteiger partial charge in [0, 0.05) is 6.04 Å². The zero-order chi connectivity index (χ0) is 15.8. The number of nitrogens with one attached hydrogen (secondary N) is 1. The van der Waals surface area contributed by atoms with Gasteiger partial charge in [-0.25, -0.2) is 9.97 Å². The van der Waals surface area contributed by atoms with Crippen LogP contribution in [0.3, 0.4) is 0 Å². The molecule has 1 aromatic heterocycles. The van der Waals surface area contributed by atoms with Crippen molar-refractivity contribution in [1.29, 1.82) is 5.26 Å². The fourth-order valence-corrected chi connectivity index (χ4v) is 2.27. The summed E-state index contributed by atoms with van der Waals surface area (Å²) in [5, 5.41) is 12.1. The topological polar surface area (TPSA) is 105 Å². The molecule has 0 saturated carbocycles. The number of nitrogen functional groups attached to an aromatic ring is 1. The van der Waals surface area contributed by atoms with Gasteiger partial charge in [0.25, 0.3) is 0 Å². The summed E-state index contributed by atoms with van der Waals surface area (Å²) >= 11 is 1.20. The number of carbonyl (C=O) groups is 1. The van der Waals surface area contributed by atoms with Gasteiger partial charge in [-0.2, -0.15) is 5.26 Å². The lowest BCUT2D eigenvalue weighted by molar-refractivity contribution is -0.119. The first kappa shape index (κ1) is 17.2. The van der Waals surface area contributed by atoms with Crippen molar-refractivity contribution >= 4 is 23.5 Å². The van der Waals surface area contributed by atoms with E-state index in [-0.39, 0.29) is 29.1 Å². The van der Waals surface area contributed by atoms with Gasteiger partial charge in [-0.15, -0.1) is 0 Å². The maximum atomic E-state index is 11.8. The van der Waals surface area contributed by atoms with Crippen LogP contribution < -0.4 is 11.1 Å². The standard InChI is InChI=1S/C14H21N5OS/c1-9(2)4-5-10(3)18-12(20)8-21-14-17-7-11(6-15)13(16)19-14/h7,9-10H,4-5,8H2,1-3H3,(H,18,20)(H2,16,17,19)/t10-/m1/s1. The molecule has 1 heterocycles. The second-order valence-electron chi connectivity index (χ2n) is 5.29. The van der Waals surface area contributed by atoms with Crippen molar-refractivity contribution in [2.24, 2.45) is 5.92 Å². The SMILES string of the molecule is CC(C)CC[C@@H](C)NC(=O)CSc1ncc(C#N)c(N)n1. The summed E-state index contributed by atoms with van der Waals surface area (Å²) in [6.07, 6.45) is 3.42. The van der Waals surface area contributed by atoms with Gasteiger partial charge in [0.05, 0.1) is 11.9 Å². The molecule has 0 aromatic carbocycles. The molecule has 1 amide bonds. The Kier molecular flexibility index (Phi) is 6.96. The number of nitrogens with zero attached hydrogens (tertiary/aromatic N) is 3. The van der Waals surface area contributed by atoms with Crippen LogP contribution in [0.5, 0.6) is 0 Å². The Balaban J connectivity index is 2.39. The van der Waals surface area contributed by atoms with Crippen molar-refractivity contribution in [2.45, 2.75) is 44.8 Å².